The van der Waals surface area contributed by atoms with Crippen LogP contribution in [0.4, 0.5) is 13.2 Å². The molecule has 0 bridgehead atoms. The Morgan fingerprint density at radius 2 is 1.88 bits per heavy atom. The molecule has 2 aromatic carbocycles. The number of rotatable bonds is 6. The van der Waals surface area contributed by atoms with Crippen molar-refractivity contribution in [2.45, 2.75) is 32.6 Å². The molecule has 0 saturated heterocycles. The highest BCUT2D eigenvalue weighted by atomic mass is 19.4. The van der Waals surface area contributed by atoms with Crippen molar-refractivity contribution in [2.75, 3.05) is 13.2 Å². The molecular formula is C22H22F3N5O3. The third-order valence-corrected chi connectivity index (χ3v) is 5.09. The summed E-state index contributed by atoms with van der Waals surface area (Å²) >= 11 is 0. The third kappa shape index (κ3) is 5.24. The van der Waals surface area contributed by atoms with Crippen molar-refractivity contribution in [2.24, 2.45) is 5.92 Å². The van der Waals surface area contributed by atoms with Crippen molar-refractivity contribution in [3.63, 3.8) is 0 Å². The van der Waals surface area contributed by atoms with E-state index in [0.29, 0.717) is 24.7 Å². The van der Waals surface area contributed by atoms with Crippen LogP contribution in [-0.4, -0.2) is 39.3 Å². The Morgan fingerprint density at radius 1 is 1.12 bits per heavy atom. The molecular weight excluding hydrogens is 439 g/mol. The monoisotopic (exact) mass is 461 g/mol. The van der Waals surface area contributed by atoms with Crippen LogP contribution in [0.1, 0.15) is 31.0 Å². The van der Waals surface area contributed by atoms with E-state index < -0.39 is 11.7 Å². The minimum Gasteiger partial charge on any atom is -0.486 e. The lowest BCUT2D eigenvalue weighted by Gasteiger charge is -2.25. The van der Waals surface area contributed by atoms with Crippen LogP contribution < -0.4 is 14.8 Å². The number of tetrazole rings is 1. The normalized spacial score (nSPS) is 14.2. The zero-order valence-corrected chi connectivity index (χ0v) is 18.0. The van der Waals surface area contributed by atoms with Crippen LogP contribution in [0.3, 0.4) is 0 Å². The average molecular weight is 461 g/mol. The van der Waals surface area contributed by atoms with Gasteiger partial charge in [0.05, 0.1) is 11.6 Å². The maximum Gasteiger partial charge on any atom is 0.416 e. The molecule has 0 fully saturated rings. The van der Waals surface area contributed by atoms with E-state index >= 15 is 0 Å². The summed E-state index contributed by atoms with van der Waals surface area (Å²) in [7, 11) is 0. The minimum absolute atomic E-state index is 0.00106. The van der Waals surface area contributed by atoms with Crippen LogP contribution in [0.25, 0.3) is 11.4 Å². The van der Waals surface area contributed by atoms with E-state index in [1.165, 1.54) is 12.1 Å². The number of ether oxygens (including phenoxy) is 2. The topological polar surface area (TPSA) is 91.2 Å². The van der Waals surface area contributed by atoms with Crippen molar-refractivity contribution in [1.82, 2.24) is 25.5 Å². The summed E-state index contributed by atoms with van der Waals surface area (Å²) in [5, 5.41) is 14.6. The number of nitrogens with one attached hydrogen (secondary N) is 1. The number of alkyl halides is 3. The highest BCUT2D eigenvalue weighted by Gasteiger charge is 2.31. The molecule has 2 heterocycles. The van der Waals surface area contributed by atoms with Gasteiger partial charge in [-0.3, -0.25) is 4.79 Å². The average Bonchev–Trinajstić information content (AvgIpc) is 3.25. The van der Waals surface area contributed by atoms with Gasteiger partial charge in [0.2, 0.25) is 11.7 Å². The SMILES string of the molecule is CC(C)[C@@H](NC(=O)Cn1nnc(-c2cccc(C(F)(F)F)c2)n1)c1ccc2c(c1)OCCO2. The standard InChI is InChI=1S/C22H22F3N5O3/c1-13(2)20(14-6-7-17-18(11-14)33-9-8-32-17)26-19(31)12-30-28-21(27-29-30)15-4-3-5-16(10-15)22(23,24)25/h3-7,10-11,13,20H,8-9,12H2,1-2H3,(H,26,31)/t20-/m1/s1. The van der Waals surface area contributed by atoms with E-state index in [4.69, 9.17) is 9.47 Å². The first-order valence-corrected chi connectivity index (χ1v) is 10.3. The first kappa shape index (κ1) is 22.6. The number of hydrogen-bond acceptors (Lipinski definition) is 6. The van der Waals surface area contributed by atoms with Crippen LogP contribution >= 0.6 is 0 Å². The first-order valence-electron chi connectivity index (χ1n) is 10.3. The van der Waals surface area contributed by atoms with Crippen LogP contribution in [0, 0.1) is 5.92 Å². The molecule has 0 aliphatic carbocycles. The molecule has 1 atom stereocenters. The molecule has 0 saturated carbocycles. The summed E-state index contributed by atoms with van der Waals surface area (Å²) in [4.78, 5) is 13.7. The Hall–Kier alpha value is -3.63. The molecule has 1 aliphatic heterocycles. The number of carbonyl (C=O) groups excluding carboxylic acids is 1. The lowest BCUT2D eigenvalue weighted by molar-refractivity contribution is -0.137. The maximum absolute atomic E-state index is 13.0. The fourth-order valence-corrected chi connectivity index (χ4v) is 3.50. The van der Waals surface area contributed by atoms with Crippen molar-refractivity contribution >= 4 is 5.91 Å². The molecule has 0 radical (unpaired) electrons. The van der Waals surface area contributed by atoms with Gasteiger partial charge in [0, 0.05) is 5.56 Å². The van der Waals surface area contributed by atoms with Gasteiger partial charge in [0.25, 0.3) is 0 Å². The van der Waals surface area contributed by atoms with Gasteiger partial charge < -0.3 is 14.8 Å². The smallest absolute Gasteiger partial charge is 0.416 e. The molecule has 11 heteroatoms. The molecule has 174 valence electrons. The Labute approximate surface area is 187 Å². The molecule has 1 amide bonds. The summed E-state index contributed by atoms with van der Waals surface area (Å²) in [5.41, 5.74) is 0.208. The van der Waals surface area contributed by atoms with Crippen LogP contribution in [0.15, 0.2) is 42.5 Å². The van der Waals surface area contributed by atoms with Crippen molar-refractivity contribution in [3.8, 4) is 22.9 Å². The molecule has 0 spiro atoms. The third-order valence-electron chi connectivity index (χ3n) is 5.09. The fraction of sp³-hybridized carbons (Fsp3) is 0.364. The number of hydrogen-bond donors (Lipinski definition) is 1. The maximum atomic E-state index is 13.0. The van der Waals surface area contributed by atoms with E-state index in [1.54, 1.807) is 0 Å². The molecule has 1 N–H and O–H groups in total. The predicted molar refractivity (Wildman–Crippen MR) is 111 cm³/mol. The molecule has 3 aromatic rings. The lowest BCUT2D eigenvalue weighted by Crippen LogP contribution is -2.34. The van der Waals surface area contributed by atoms with Gasteiger partial charge >= 0.3 is 6.18 Å². The summed E-state index contributed by atoms with van der Waals surface area (Å²) in [6, 6.07) is 9.85. The lowest BCUT2D eigenvalue weighted by atomic mass is 9.95. The zero-order valence-electron chi connectivity index (χ0n) is 18.0. The van der Waals surface area contributed by atoms with E-state index in [9.17, 15) is 18.0 Å². The molecule has 1 aromatic heterocycles. The highest BCUT2D eigenvalue weighted by Crippen LogP contribution is 2.34. The van der Waals surface area contributed by atoms with Gasteiger partial charge in [-0.25, -0.2) is 0 Å². The van der Waals surface area contributed by atoms with Crippen molar-refractivity contribution in [3.05, 3.63) is 53.6 Å². The highest BCUT2D eigenvalue weighted by molar-refractivity contribution is 5.76. The summed E-state index contributed by atoms with van der Waals surface area (Å²) in [5.74, 6) is 0.994. The number of amides is 1. The fourth-order valence-electron chi connectivity index (χ4n) is 3.50. The number of benzene rings is 2. The van der Waals surface area contributed by atoms with Gasteiger partial charge in [0.1, 0.15) is 19.8 Å². The summed E-state index contributed by atoms with van der Waals surface area (Å²) < 4.78 is 50.0. The Balaban J connectivity index is 1.46. The van der Waals surface area contributed by atoms with Crippen LogP contribution in [0.5, 0.6) is 11.5 Å². The number of fused-ring (bicyclic) bond motifs is 1. The molecule has 4 rings (SSSR count). The number of halogens is 3. The second-order valence-electron chi connectivity index (χ2n) is 7.91. The van der Waals surface area contributed by atoms with Crippen molar-refractivity contribution in [1.29, 1.82) is 0 Å². The van der Waals surface area contributed by atoms with E-state index in [2.05, 4.69) is 20.7 Å². The largest absolute Gasteiger partial charge is 0.486 e. The van der Waals surface area contributed by atoms with Gasteiger partial charge in [-0.2, -0.15) is 18.0 Å². The molecule has 0 unspecified atom stereocenters. The van der Waals surface area contributed by atoms with Gasteiger partial charge in [0.15, 0.2) is 11.5 Å². The predicted octanol–water partition coefficient (Wildman–Crippen LogP) is 3.64. The van der Waals surface area contributed by atoms with Crippen LogP contribution in [0.2, 0.25) is 0 Å². The first-order chi connectivity index (χ1) is 15.7. The Bertz CT molecular complexity index is 1150. The summed E-state index contributed by atoms with van der Waals surface area (Å²) in [6.45, 7) is 4.66. The number of nitrogens with zero attached hydrogens (tertiary/aromatic N) is 4. The van der Waals surface area contributed by atoms with Gasteiger partial charge in [-0.15, -0.1) is 10.2 Å². The van der Waals surface area contributed by atoms with Crippen molar-refractivity contribution < 1.29 is 27.4 Å². The second kappa shape index (κ2) is 9.08. The van der Waals surface area contributed by atoms with E-state index in [-0.39, 0.29) is 35.8 Å². The molecule has 33 heavy (non-hydrogen) atoms. The summed E-state index contributed by atoms with van der Waals surface area (Å²) in [6.07, 6.45) is -4.48. The van der Waals surface area contributed by atoms with E-state index in [1.807, 2.05) is 32.0 Å². The molecule has 1 aliphatic rings. The zero-order chi connectivity index (χ0) is 23.6. The number of carbonyl (C=O) groups is 1. The quantitative estimate of drug-likeness (QED) is 0.603. The van der Waals surface area contributed by atoms with Gasteiger partial charge in [-0.05, 0) is 41.0 Å². The number of aromatic nitrogens is 4. The minimum atomic E-state index is -4.48. The van der Waals surface area contributed by atoms with Crippen LogP contribution in [-0.2, 0) is 17.5 Å². The Morgan fingerprint density at radius 3 is 2.61 bits per heavy atom. The Kier molecular flexibility index (Phi) is 6.21. The molecule has 8 nitrogen and oxygen atoms in total. The van der Waals surface area contributed by atoms with Gasteiger partial charge in [-0.1, -0.05) is 32.0 Å². The second-order valence-corrected chi connectivity index (χ2v) is 7.91. The van der Waals surface area contributed by atoms with E-state index in [0.717, 1.165) is 22.5 Å².